The molecule has 1 unspecified atom stereocenters. The number of furan rings is 1. The molecule has 5 nitrogen and oxygen atoms in total. The van der Waals surface area contributed by atoms with Crippen LogP contribution in [0.1, 0.15) is 19.1 Å². The molecule has 0 saturated heterocycles. The van der Waals surface area contributed by atoms with Crippen molar-refractivity contribution in [3.8, 4) is 0 Å². The van der Waals surface area contributed by atoms with Crippen molar-refractivity contribution in [1.29, 1.82) is 0 Å². The highest BCUT2D eigenvalue weighted by molar-refractivity contribution is 5.95. The number of carbonyl (C=O) groups is 2. The Morgan fingerprint density at radius 1 is 1.19 bits per heavy atom. The fraction of sp³-hybridized carbons (Fsp3) is 0.250. The molecular formula is C16H17NO4. The van der Waals surface area contributed by atoms with E-state index in [0.29, 0.717) is 17.9 Å². The van der Waals surface area contributed by atoms with Gasteiger partial charge >= 0.3 is 5.97 Å². The second-order valence-corrected chi connectivity index (χ2v) is 4.57. The lowest BCUT2D eigenvalue weighted by atomic mass is 10.2. The lowest BCUT2D eigenvalue weighted by molar-refractivity contribution is -0.153. The van der Waals surface area contributed by atoms with E-state index >= 15 is 0 Å². The van der Waals surface area contributed by atoms with Crippen LogP contribution in [0.5, 0.6) is 0 Å². The highest BCUT2D eigenvalue weighted by atomic mass is 16.5. The van der Waals surface area contributed by atoms with Gasteiger partial charge in [-0.2, -0.15) is 0 Å². The molecule has 0 aliphatic heterocycles. The van der Waals surface area contributed by atoms with Crippen molar-refractivity contribution < 1.29 is 18.7 Å². The van der Waals surface area contributed by atoms with Crippen LogP contribution in [0.3, 0.4) is 0 Å². The minimum absolute atomic E-state index is 0.177. The number of para-hydroxylation sites is 1. The van der Waals surface area contributed by atoms with E-state index < -0.39 is 12.1 Å². The van der Waals surface area contributed by atoms with Crippen LogP contribution in [0.15, 0.2) is 53.1 Å². The van der Waals surface area contributed by atoms with Gasteiger partial charge in [-0.05, 0) is 31.2 Å². The zero-order valence-corrected chi connectivity index (χ0v) is 11.7. The summed E-state index contributed by atoms with van der Waals surface area (Å²) in [6.45, 7) is 1.54. The van der Waals surface area contributed by atoms with Crippen LogP contribution in [0.4, 0.5) is 5.69 Å². The summed E-state index contributed by atoms with van der Waals surface area (Å²) in [5.74, 6) is -0.0667. The van der Waals surface area contributed by atoms with E-state index in [-0.39, 0.29) is 12.3 Å². The van der Waals surface area contributed by atoms with E-state index in [1.807, 2.05) is 18.2 Å². The summed E-state index contributed by atoms with van der Waals surface area (Å²) in [4.78, 5) is 23.5. The molecule has 1 aromatic heterocycles. The van der Waals surface area contributed by atoms with Gasteiger partial charge in [0.2, 0.25) is 0 Å². The maximum atomic E-state index is 11.9. The van der Waals surface area contributed by atoms with Crippen molar-refractivity contribution in [2.75, 3.05) is 5.32 Å². The van der Waals surface area contributed by atoms with Gasteiger partial charge in [0.05, 0.1) is 12.7 Å². The molecule has 2 rings (SSSR count). The first-order chi connectivity index (χ1) is 10.1. The molecule has 21 heavy (non-hydrogen) atoms. The van der Waals surface area contributed by atoms with E-state index in [2.05, 4.69) is 5.32 Å². The third kappa shape index (κ3) is 4.80. The number of carbonyl (C=O) groups excluding carboxylic acids is 2. The molecule has 0 spiro atoms. The first-order valence-corrected chi connectivity index (χ1v) is 6.73. The number of benzene rings is 1. The highest BCUT2D eigenvalue weighted by Gasteiger charge is 2.17. The minimum atomic E-state index is -0.839. The number of aryl methyl sites for hydroxylation is 1. The molecule has 0 fully saturated rings. The fourth-order valence-electron chi connectivity index (χ4n) is 1.76. The molecule has 5 heteroatoms. The molecule has 2 aromatic rings. The third-order valence-electron chi connectivity index (χ3n) is 2.87. The van der Waals surface area contributed by atoms with Gasteiger partial charge in [-0.15, -0.1) is 0 Å². The van der Waals surface area contributed by atoms with Gasteiger partial charge in [-0.25, -0.2) is 0 Å². The van der Waals surface area contributed by atoms with Crippen LogP contribution in [-0.2, 0) is 20.7 Å². The first kappa shape index (κ1) is 14.8. The Morgan fingerprint density at radius 3 is 2.62 bits per heavy atom. The number of hydrogen-bond acceptors (Lipinski definition) is 4. The second-order valence-electron chi connectivity index (χ2n) is 4.57. The molecule has 0 aliphatic rings. The van der Waals surface area contributed by atoms with Crippen LogP contribution in [0.2, 0.25) is 0 Å². The zero-order valence-electron chi connectivity index (χ0n) is 11.7. The summed E-state index contributed by atoms with van der Waals surface area (Å²) < 4.78 is 10.2. The Balaban J connectivity index is 1.76. The van der Waals surface area contributed by atoms with E-state index in [0.717, 1.165) is 0 Å². The average molecular weight is 287 g/mol. The number of hydrogen-bond donors (Lipinski definition) is 1. The Labute approximate surface area is 122 Å². The Hall–Kier alpha value is -2.56. The largest absolute Gasteiger partial charge is 0.469 e. The molecule has 0 radical (unpaired) electrons. The number of amides is 1. The van der Waals surface area contributed by atoms with Gasteiger partial charge in [-0.3, -0.25) is 9.59 Å². The summed E-state index contributed by atoms with van der Waals surface area (Å²) >= 11 is 0. The van der Waals surface area contributed by atoms with Crippen LogP contribution in [-0.4, -0.2) is 18.0 Å². The molecule has 1 N–H and O–H groups in total. The SMILES string of the molecule is CC(OC(=O)CCc1ccco1)C(=O)Nc1ccccc1. The number of esters is 1. The monoisotopic (exact) mass is 287 g/mol. The van der Waals surface area contributed by atoms with Gasteiger partial charge in [0, 0.05) is 12.1 Å². The smallest absolute Gasteiger partial charge is 0.307 e. The van der Waals surface area contributed by atoms with Gasteiger partial charge < -0.3 is 14.5 Å². The number of anilines is 1. The Kier molecular flexibility index (Phi) is 5.15. The lowest BCUT2D eigenvalue weighted by Gasteiger charge is -2.13. The van der Waals surface area contributed by atoms with Crippen molar-refractivity contribution in [1.82, 2.24) is 0 Å². The number of rotatable bonds is 6. The molecule has 1 amide bonds. The maximum Gasteiger partial charge on any atom is 0.307 e. The van der Waals surface area contributed by atoms with E-state index in [4.69, 9.17) is 9.15 Å². The van der Waals surface area contributed by atoms with E-state index in [9.17, 15) is 9.59 Å². The van der Waals surface area contributed by atoms with E-state index in [1.54, 1.807) is 37.5 Å². The Bertz CT molecular complexity index is 578. The predicted molar refractivity (Wildman–Crippen MR) is 77.7 cm³/mol. The van der Waals surface area contributed by atoms with Gasteiger partial charge in [-0.1, -0.05) is 18.2 Å². The van der Waals surface area contributed by atoms with Crippen LogP contribution >= 0.6 is 0 Å². The van der Waals surface area contributed by atoms with Crippen molar-refractivity contribution >= 4 is 17.6 Å². The second kappa shape index (κ2) is 7.28. The zero-order chi connectivity index (χ0) is 15.1. The lowest BCUT2D eigenvalue weighted by Crippen LogP contribution is -2.30. The summed E-state index contributed by atoms with van der Waals surface area (Å²) in [6.07, 6.45) is 1.35. The summed E-state index contributed by atoms with van der Waals surface area (Å²) in [5.41, 5.74) is 0.668. The molecule has 1 heterocycles. The third-order valence-corrected chi connectivity index (χ3v) is 2.87. The quantitative estimate of drug-likeness (QED) is 0.829. The average Bonchev–Trinajstić information content (AvgIpc) is 2.99. The number of ether oxygens (including phenoxy) is 1. The van der Waals surface area contributed by atoms with Crippen molar-refractivity contribution in [2.45, 2.75) is 25.9 Å². The highest BCUT2D eigenvalue weighted by Crippen LogP contribution is 2.08. The standard InChI is InChI=1S/C16H17NO4/c1-12(16(19)17-13-6-3-2-4-7-13)21-15(18)10-9-14-8-5-11-20-14/h2-8,11-12H,9-10H2,1H3,(H,17,19). The Morgan fingerprint density at radius 2 is 1.95 bits per heavy atom. The summed E-state index contributed by atoms with van der Waals surface area (Å²) in [5, 5.41) is 2.68. The maximum absolute atomic E-state index is 11.9. The van der Waals surface area contributed by atoms with Crippen LogP contribution < -0.4 is 5.32 Å². The number of nitrogens with one attached hydrogen (secondary N) is 1. The fourth-order valence-corrected chi connectivity index (χ4v) is 1.76. The topological polar surface area (TPSA) is 68.5 Å². The van der Waals surface area contributed by atoms with Crippen molar-refractivity contribution in [3.63, 3.8) is 0 Å². The molecule has 110 valence electrons. The van der Waals surface area contributed by atoms with Crippen molar-refractivity contribution in [3.05, 3.63) is 54.5 Å². The van der Waals surface area contributed by atoms with Crippen LogP contribution in [0, 0.1) is 0 Å². The molecule has 0 saturated carbocycles. The van der Waals surface area contributed by atoms with Crippen LogP contribution in [0.25, 0.3) is 0 Å². The van der Waals surface area contributed by atoms with Gasteiger partial charge in [0.15, 0.2) is 6.10 Å². The molecule has 0 bridgehead atoms. The molecular weight excluding hydrogens is 270 g/mol. The minimum Gasteiger partial charge on any atom is -0.469 e. The molecule has 1 atom stereocenters. The normalized spacial score (nSPS) is 11.7. The first-order valence-electron chi connectivity index (χ1n) is 6.73. The predicted octanol–water partition coefficient (Wildman–Crippen LogP) is 2.78. The van der Waals surface area contributed by atoms with Gasteiger partial charge in [0.25, 0.3) is 5.91 Å². The van der Waals surface area contributed by atoms with Crippen molar-refractivity contribution in [2.24, 2.45) is 0 Å². The summed E-state index contributed by atoms with van der Waals surface area (Å²) in [6, 6.07) is 12.6. The van der Waals surface area contributed by atoms with Gasteiger partial charge in [0.1, 0.15) is 5.76 Å². The van der Waals surface area contributed by atoms with E-state index in [1.165, 1.54) is 0 Å². The molecule has 1 aromatic carbocycles. The molecule has 0 aliphatic carbocycles. The summed E-state index contributed by atoms with van der Waals surface area (Å²) in [7, 11) is 0.